The molecular weight excluding hydrogens is 200 g/mol. The fourth-order valence-electron chi connectivity index (χ4n) is 1.83. The van der Waals surface area contributed by atoms with Gasteiger partial charge in [0.25, 0.3) is 0 Å². The van der Waals surface area contributed by atoms with Crippen molar-refractivity contribution in [3.63, 3.8) is 0 Å². The first kappa shape index (κ1) is 10.9. The summed E-state index contributed by atoms with van der Waals surface area (Å²) in [5.74, 6) is 1.79. The van der Waals surface area contributed by atoms with E-state index >= 15 is 0 Å². The first-order valence-corrected chi connectivity index (χ1v) is 5.66. The quantitative estimate of drug-likeness (QED) is 0.801. The third-order valence-electron chi connectivity index (χ3n) is 3.07. The topological polar surface area (TPSA) is 53.1 Å². The molecule has 0 aromatic carbocycles. The molecule has 86 valence electrons. The number of aromatic amines is 1. The average Bonchev–Trinajstić information content (AvgIpc) is 2.76. The van der Waals surface area contributed by atoms with Crippen LogP contribution in [0, 0.1) is 13.8 Å². The highest BCUT2D eigenvalue weighted by Gasteiger charge is 2.16. The van der Waals surface area contributed by atoms with Crippen LogP contribution in [0.15, 0.2) is 16.6 Å². The van der Waals surface area contributed by atoms with E-state index in [0.717, 1.165) is 29.3 Å². The minimum atomic E-state index is 0.336. The summed E-state index contributed by atoms with van der Waals surface area (Å²) in [6, 6.07) is 0.336. The van der Waals surface area contributed by atoms with E-state index in [1.807, 2.05) is 13.8 Å². The maximum Gasteiger partial charge on any atom is 0.156 e. The van der Waals surface area contributed by atoms with Gasteiger partial charge in [-0.25, -0.2) is 0 Å². The van der Waals surface area contributed by atoms with Crippen molar-refractivity contribution in [1.82, 2.24) is 10.2 Å². The van der Waals surface area contributed by atoms with Crippen molar-refractivity contribution in [1.29, 1.82) is 0 Å². The van der Waals surface area contributed by atoms with Crippen LogP contribution in [0.3, 0.4) is 0 Å². The predicted octanol–water partition coefficient (Wildman–Crippen LogP) is 2.58. The molecule has 1 aliphatic heterocycles. The molecule has 1 atom stereocenters. The lowest BCUT2D eigenvalue weighted by Crippen LogP contribution is -2.09. The van der Waals surface area contributed by atoms with E-state index in [9.17, 15) is 0 Å². The van der Waals surface area contributed by atoms with Gasteiger partial charge in [-0.15, -0.1) is 0 Å². The van der Waals surface area contributed by atoms with E-state index in [-0.39, 0.29) is 0 Å². The molecule has 0 bridgehead atoms. The summed E-state index contributed by atoms with van der Waals surface area (Å²) < 4.78 is 0. The zero-order chi connectivity index (χ0) is 11.7. The van der Waals surface area contributed by atoms with Crippen LogP contribution in [-0.2, 0) is 0 Å². The van der Waals surface area contributed by atoms with E-state index in [2.05, 4.69) is 40.4 Å². The number of aryl methyl sites for hydroxylation is 1. The SMILES string of the molecule is CCC1N=C(Nc2n[nH]c(C)c2C)C=C1C. The first-order chi connectivity index (χ1) is 7.61. The third-order valence-corrected chi connectivity index (χ3v) is 3.07. The number of aromatic nitrogens is 2. The summed E-state index contributed by atoms with van der Waals surface area (Å²) in [5, 5.41) is 10.4. The molecule has 0 spiro atoms. The molecule has 1 unspecified atom stereocenters. The van der Waals surface area contributed by atoms with Crippen molar-refractivity contribution in [2.75, 3.05) is 5.32 Å². The summed E-state index contributed by atoms with van der Waals surface area (Å²) in [5.41, 5.74) is 3.55. The standard InChI is InChI=1S/C12H18N4/c1-5-10-7(2)6-11(13-10)14-12-8(3)9(4)15-16-12/h6,10H,5H2,1-4H3,(H2,13,14,15,16). The highest BCUT2D eigenvalue weighted by Crippen LogP contribution is 2.20. The Bertz CT molecular complexity index is 454. The molecule has 4 heteroatoms. The van der Waals surface area contributed by atoms with E-state index in [0.29, 0.717) is 6.04 Å². The maximum atomic E-state index is 4.59. The van der Waals surface area contributed by atoms with Crippen LogP contribution in [0.1, 0.15) is 31.5 Å². The largest absolute Gasteiger partial charge is 0.324 e. The van der Waals surface area contributed by atoms with Gasteiger partial charge in [-0.3, -0.25) is 10.1 Å². The van der Waals surface area contributed by atoms with Crippen molar-refractivity contribution in [2.24, 2.45) is 4.99 Å². The van der Waals surface area contributed by atoms with Crippen LogP contribution in [0.5, 0.6) is 0 Å². The van der Waals surface area contributed by atoms with Gasteiger partial charge in [0.15, 0.2) is 5.82 Å². The Morgan fingerprint density at radius 2 is 2.12 bits per heavy atom. The molecule has 0 saturated carbocycles. The first-order valence-electron chi connectivity index (χ1n) is 5.66. The Labute approximate surface area is 95.9 Å². The number of hydrogen-bond donors (Lipinski definition) is 2. The van der Waals surface area contributed by atoms with Crippen molar-refractivity contribution < 1.29 is 0 Å². The highest BCUT2D eigenvalue weighted by molar-refractivity contribution is 6.05. The monoisotopic (exact) mass is 218 g/mol. The number of nitrogens with one attached hydrogen (secondary N) is 2. The number of nitrogens with zero attached hydrogens (tertiary/aromatic N) is 2. The van der Waals surface area contributed by atoms with Crippen molar-refractivity contribution >= 4 is 11.7 Å². The van der Waals surface area contributed by atoms with Gasteiger partial charge in [-0.05, 0) is 38.8 Å². The van der Waals surface area contributed by atoms with Gasteiger partial charge in [-0.1, -0.05) is 6.92 Å². The van der Waals surface area contributed by atoms with Crippen LogP contribution < -0.4 is 5.32 Å². The lowest BCUT2D eigenvalue weighted by atomic mass is 10.1. The molecule has 2 rings (SSSR count). The number of rotatable bonds is 2. The molecule has 1 aliphatic rings. The van der Waals surface area contributed by atoms with Crippen LogP contribution >= 0.6 is 0 Å². The fraction of sp³-hybridized carbons (Fsp3) is 0.500. The summed E-state index contributed by atoms with van der Waals surface area (Å²) in [6.07, 6.45) is 3.14. The van der Waals surface area contributed by atoms with Gasteiger partial charge in [0.1, 0.15) is 5.84 Å². The Morgan fingerprint density at radius 1 is 1.38 bits per heavy atom. The molecule has 16 heavy (non-hydrogen) atoms. The van der Waals surface area contributed by atoms with Crippen molar-refractivity contribution in [3.05, 3.63) is 22.9 Å². The van der Waals surface area contributed by atoms with Gasteiger partial charge in [0.2, 0.25) is 0 Å². The lowest BCUT2D eigenvalue weighted by molar-refractivity contribution is 0.756. The van der Waals surface area contributed by atoms with Crippen LogP contribution in [0.4, 0.5) is 5.82 Å². The highest BCUT2D eigenvalue weighted by atomic mass is 15.2. The summed E-state index contributed by atoms with van der Waals surface area (Å²) in [7, 11) is 0. The van der Waals surface area contributed by atoms with Gasteiger partial charge < -0.3 is 5.32 Å². The number of amidine groups is 1. The zero-order valence-electron chi connectivity index (χ0n) is 10.3. The molecule has 0 aliphatic carbocycles. The molecule has 2 N–H and O–H groups in total. The van der Waals surface area contributed by atoms with Crippen LogP contribution in [0.2, 0.25) is 0 Å². The minimum absolute atomic E-state index is 0.336. The second kappa shape index (κ2) is 4.12. The van der Waals surface area contributed by atoms with Crippen LogP contribution in [0.25, 0.3) is 0 Å². The molecule has 0 amide bonds. The Morgan fingerprint density at radius 3 is 2.62 bits per heavy atom. The normalized spacial score (nSPS) is 19.6. The van der Waals surface area contributed by atoms with Gasteiger partial charge in [-0.2, -0.15) is 5.10 Å². The van der Waals surface area contributed by atoms with E-state index in [1.54, 1.807) is 0 Å². The van der Waals surface area contributed by atoms with Gasteiger partial charge in [0, 0.05) is 11.3 Å². The zero-order valence-corrected chi connectivity index (χ0v) is 10.3. The predicted molar refractivity (Wildman–Crippen MR) is 67.0 cm³/mol. The molecule has 0 radical (unpaired) electrons. The third kappa shape index (κ3) is 1.87. The minimum Gasteiger partial charge on any atom is -0.324 e. The van der Waals surface area contributed by atoms with Crippen molar-refractivity contribution in [3.8, 4) is 0 Å². The molecule has 2 heterocycles. The second-order valence-corrected chi connectivity index (χ2v) is 4.27. The Balaban J connectivity index is 2.15. The number of aliphatic imine (C=N–C) groups is 1. The number of anilines is 1. The van der Waals surface area contributed by atoms with E-state index < -0.39 is 0 Å². The van der Waals surface area contributed by atoms with Gasteiger partial charge in [0.05, 0.1) is 6.04 Å². The van der Waals surface area contributed by atoms with E-state index in [1.165, 1.54) is 5.57 Å². The fourth-order valence-corrected chi connectivity index (χ4v) is 1.83. The molecule has 0 fully saturated rings. The summed E-state index contributed by atoms with van der Waals surface area (Å²) >= 11 is 0. The average molecular weight is 218 g/mol. The van der Waals surface area contributed by atoms with Gasteiger partial charge >= 0.3 is 0 Å². The number of H-pyrrole nitrogens is 1. The van der Waals surface area contributed by atoms with Crippen LogP contribution in [-0.4, -0.2) is 22.1 Å². The molecule has 1 aromatic heterocycles. The molecule has 4 nitrogen and oxygen atoms in total. The van der Waals surface area contributed by atoms with E-state index in [4.69, 9.17) is 0 Å². The maximum absolute atomic E-state index is 4.59. The molecular formula is C12H18N4. The van der Waals surface area contributed by atoms with Crippen molar-refractivity contribution in [2.45, 2.75) is 40.2 Å². The summed E-state index contributed by atoms with van der Waals surface area (Å²) in [6.45, 7) is 8.33. The second-order valence-electron chi connectivity index (χ2n) is 4.27. The summed E-state index contributed by atoms with van der Waals surface area (Å²) in [4.78, 5) is 4.59. The Kier molecular flexibility index (Phi) is 2.81. The smallest absolute Gasteiger partial charge is 0.156 e. The molecule has 1 aromatic rings. The Hall–Kier alpha value is -1.58. The number of hydrogen-bond acceptors (Lipinski definition) is 3. The molecule has 0 saturated heterocycles. The lowest BCUT2D eigenvalue weighted by Gasteiger charge is -2.03.